The second kappa shape index (κ2) is 8.58. The summed E-state index contributed by atoms with van der Waals surface area (Å²) in [6.07, 6.45) is 0. The number of halogens is 2. The van der Waals surface area contributed by atoms with Crippen molar-refractivity contribution in [2.75, 3.05) is 10.6 Å². The Labute approximate surface area is 204 Å². The molecule has 2 aromatic carbocycles. The van der Waals surface area contributed by atoms with Crippen LogP contribution in [0.5, 0.6) is 0 Å². The maximum absolute atomic E-state index is 6.46. The van der Waals surface area contributed by atoms with Crippen LogP contribution in [0.3, 0.4) is 0 Å². The largest absolute Gasteiger partial charge is 0.359 e. The van der Waals surface area contributed by atoms with Crippen LogP contribution in [0, 0.1) is 18.3 Å². The van der Waals surface area contributed by atoms with Gasteiger partial charge in [0.05, 0.1) is 9.93 Å². The van der Waals surface area contributed by atoms with Gasteiger partial charge in [0.2, 0.25) is 5.13 Å². The summed E-state index contributed by atoms with van der Waals surface area (Å²) in [5.74, 6) is 0.661. The Morgan fingerprint density at radius 3 is 2.50 bits per heavy atom. The fourth-order valence-electron chi connectivity index (χ4n) is 4.50. The highest BCUT2D eigenvalue weighted by atomic mass is 35.5. The van der Waals surface area contributed by atoms with Crippen LogP contribution in [-0.2, 0) is 0 Å². The van der Waals surface area contributed by atoms with E-state index >= 15 is 0 Å². The van der Waals surface area contributed by atoms with Gasteiger partial charge in [-0.3, -0.25) is 0 Å². The first-order chi connectivity index (χ1) is 15.1. The van der Waals surface area contributed by atoms with Crippen LogP contribution in [0.25, 0.3) is 5.70 Å². The molecule has 2 unspecified atom stereocenters. The maximum atomic E-state index is 6.46. The van der Waals surface area contributed by atoms with E-state index in [9.17, 15) is 0 Å². The number of benzene rings is 2. The van der Waals surface area contributed by atoms with E-state index in [-0.39, 0.29) is 5.41 Å². The van der Waals surface area contributed by atoms with Crippen LogP contribution in [0.1, 0.15) is 36.5 Å². The summed E-state index contributed by atoms with van der Waals surface area (Å²) in [6.45, 7) is 15.1. The summed E-state index contributed by atoms with van der Waals surface area (Å²) in [6, 6.07) is 12.1. The van der Waals surface area contributed by atoms with Crippen molar-refractivity contribution in [2.45, 2.75) is 26.7 Å². The number of nitrogens with zero attached hydrogens (tertiary/aromatic N) is 2. The van der Waals surface area contributed by atoms with Gasteiger partial charge in [-0.2, -0.15) is 5.10 Å². The van der Waals surface area contributed by atoms with E-state index < -0.39 is 0 Å². The zero-order valence-electron chi connectivity index (χ0n) is 18.6. The van der Waals surface area contributed by atoms with Gasteiger partial charge in [0.15, 0.2) is 7.85 Å². The van der Waals surface area contributed by atoms with Crippen molar-refractivity contribution in [3.63, 3.8) is 0 Å². The Morgan fingerprint density at radius 1 is 1.09 bits per heavy atom. The minimum atomic E-state index is 0.0946. The lowest BCUT2D eigenvalue weighted by Crippen LogP contribution is -2.05. The zero-order valence-corrected chi connectivity index (χ0v) is 20.9. The van der Waals surface area contributed by atoms with Crippen molar-refractivity contribution in [3.8, 4) is 0 Å². The molecule has 1 aliphatic rings. The molecule has 1 fully saturated rings. The zero-order chi connectivity index (χ0) is 23.2. The molecule has 3 aromatic rings. The van der Waals surface area contributed by atoms with E-state index in [1.54, 1.807) is 0 Å². The van der Waals surface area contributed by atoms with E-state index in [4.69, 9.17) is 23.2 Å². The minimum absolute atomic E-state index is 0.0946. The lowest BCUT2D eigenvalue weighted by atomic mass is 10.0. The molecule has 0 aliphatic heterocycles. The first kappa shape index (κ1) is 22.9. The predicted molar refractivity (Wildman–Crippen MR) is 141 cm³/mol. The smallest absolute Gasteiger partial charge is 0.209 e. The first-order valence-electron chi connectivity index (χ1n) is 10.3. The van der Waals surface area contributed by atoms with Gasteiger partial charge in [0.25, 0.3) is 0 Å². The molecule has 1 heterocycles. The molecule has 2 N–H and O–H groups in total. The van der Waals surface area contributed by atoms with Crippen molar-refractivity contribution in [2.24, 2.45) is 11.3 Å². The maximum Gasteiger partial charge on any atom is 0.209 e. The molecular formula is C24H25BCl2N4S. The Kier molecular flexibility index (Phi) is 6.14. The molecule has 1 aliphatic carbocycles. The predicted octanol–water partition coefficient (Wildman–Crippen LogP) is 5.86. The Hall–Kier alpha value is -2.28. The summed E-state index contributed by atoms with van der Waals surface area (Å²) < 4.78 is 0. The number of nitrogens with one attached hydrogen (secondary N) is 2. The van der Waals surface area contributed by atoms with Gasteiger partial charge in [0, 0.05) is 33.6 Å². The van der Waals surface area contributed by atoms with Crippen molar-refractivity contribution in [1.29, 1.82) is 0 Å². The minimum Gasteiger partial charge on any atom is -0.359 e. The van der Waals surface area contributed by atoms with Gasteiger partial charge >= 0.3 is 0 Å². The molecule has 4 rings (SSSR count). The number of hydrogen-bond donors (Lipinski definition) is 2. The molecule has 164 valence electrons. The molecular weight excluding hydrogens is 458 g/mol. The summed E-state index contributed by atoms with van der Waals surface area (Å²) in [7, 11) is 1.91. The third-order valence-electron chi connectivity index (χ3n) is 6.01. The first-order valence-corrected chi connectivity index (χ1v) is 11.9. The molecule has 1 saturated carbocycles. The molecule has 0 bridgehead atoms. The number of rotatable bonds is 7. The number of anilines is 2. The van der Waals surface area contributed by atoms with Crippen molar-refractivity contribution >= 4 is 63.8 Å². The quantitative estimate of drug-likeness (QED) is 0.414. The van der Waals surface area contributed by atoms with E-state index in [1.807, 2.05) is 32.1 Å². The SMILES string of the molecule is Bc1nnc(NC(=C)c2cc(NC(=C)C3C(c4cc(C)cc(Cl)c4)C3(C)C)ccc2Cl)s1. The second-order valence-electron chi connectivity index (χ2n) is 8.91. The third-order valence-corrected chi connectivity index (χ3v) is 7.31. The summed E-state index contributed by atoms with van der Waals surface area (Å²) in [5, 5.41) is 16.9. The number of hydrogen-bond acceptors (Lipinski definition) is 5. The number of aromatic nitrogens is 2. The van der Waals surface area contributed by atoms with E-state index in [0.29, 0.717) is 27.7 Å². The normalized spacial score (nSPS) is 18.8. The van der Waals surface area contributed by atoms with Crippen molar-refractivity contribution < 1.29 is 0 Å². The monoisotopic (exact) mass is 482 g/mol. The van der Waals surface area contributed by atoms with Gasteiger partial charge in [-0.05, 0) is 59.7 Å². The molecule has 4 nitrogen and oxygen atoms in total. The number of allylic oxidation sites excluding steroid dienone is 1. The van der Waals surface area contributed by atoms with Gasteiger partial charge in [-0.15, -0.1) is 5.10 Å². The highest BCUT2D eigenvalue weighted by Crippen LogP contribution is 2.67. The second-order valence-corrected chi connectivity index (χ2v) is 10.9. The van der Waals surface area contributed by atoms with E-state index in [0.717, 1.165) is 26.9 Å². The molecule has 2 atom stereocenters. The Bertz CT molecular complexity index is 1200. The van der Waals surface area contributed by atoms with Crippen LogP contribution in [0.2, 0.25) is 10.0 Å². The van der Waals surface area contributed by atoms with Gasteiger partial charge in [-0.1, -0.05) is 67.6 Å². The van der Waals surface area contributed by atoms with E-state index in [2.05, 4.69) is 66.9 Å². The van der Waals surface area contributed by atoms with Crippen LogP contribution >= 0.6 is 34.5 Å². The van der Waals surface area contributed by atoms with Crippen LogP contribution < -0.4 is 15.5 Å². The van der Waals surface area contributed by atoms with Gasteiger partial charge in [0.1, 0.15) is 0 Å². The highest BCUT2D eigenvalue weighted by molar-refractivity contribution is 7.22. The van der Waals surface area contributed by atoms with Gasteiger partial charge < -0.3 is 10.6 Å². The Balaban J connectivity index is 1.51. The van der Waals surface area contributed by atoms with Crippen LogP contribution in [0.4, 0.5) is 10.8 Å². The molecule has 0 radical (unpaired) electrons. The van der Waals surface area contributed by atoms with Gasteiger partial charge in [-0.25, -0.2) is 0 Å². The average Bonchev–Trinajstić information content (AvgIpc) is 3.05. The molecule has 8 heteroatoms. The summed E-state index contributed by atoms with van der Waals surface area (Å²) >= 11 is 14.2. The van der Waals surface area contributed by atoms with Crippen LogP contribution in [0.15, 0.2) is 55.3 Å². The summed E-state index contributed by atoms with van der Waals surface area (Å²) in [5.41, 5.74) is 5.88. The standard InChI is InChI=1S/C24H25BCl2N4S/c1-12-8-15(10-16(26)9-12)21-20(24(21,4)5)14(3)28-17-6-7-19(27)18(11-17)13(2)29-23-31-30-22(25)32-23/h6-11,20-21,28H,2-3,25H2,1,4-5H3,(H,29,31). The molecule has 0 saturated heterocycles. The number of aryl methyl sites for hydroxylation is 1. The topological polar surface area (TPSA) is 49.8 Å². The molecule has 0 amide bonds. The molecule has 32 heavy (non-hydrogen) atoms. The lowest BCUT2D eigenvalue weighted by molar-refractivity contribution is 0.585. The van der Waals surface area contributed by atoms with Crippen molar-refractivity contribution in [1.82, 2.24) is 10.2 Å². The lowest BCUT2D eigenvalue weighted by Gasteiger charge is -2.14. The molecule has 0 spiro atoms. The third kappa shape index (κ3) is 4.58. The van der Waals surface area contributed by atoms with Crippen LogP contribution in [-0.4, -0.2) is 18.0 Å². The fourth-order valence-corrected chi connectivity index (χ4v) is 5.64. The molecule has 1 aromatic heterocycles. The fraction of sp³-hybridized carbons (Fsp3) is 0.250. The Morgan fingerprint density at radius 2 is 1.84 bits per heavy atom. The summed E-state index contributed by atoms with van der Waals surface area (Å²) in [4.78, 5) is 0.884. The average molecular weight is 483 g/mol. The van der Waals surface area contributed by atoms with Crippen molar-refractivity contribution in [3.05, 3.63) is 82.0 Å². The van der Waals surface area contributed by atoms with E-state index in [1.165, 1.54) is 22.5 Å². The highest BCUT2D eigenvalue weighted by Gasteiger charge is 2.59.